The maximum Gasteiger partial charge on any atom is 0.269 e. The smallest absolute Gasteiger partial charge is 0.269 e. The van der Waals surface area contributed by atoms with Gasteiger partial charge in [-0.05, 0) is 12.0 Å². The molecule has 0 aliphatic carbocycles. The van der Waals surface area contributed by atoms with Gasteiger partial charge in [-0.1, -0.05) is 25.5 Å². The second-order valence-corrected chi connectivity index (χ2v) is 3.24. The van der Waals surface area contributed by atoms with Crippen LogP contribution in [0.15, 0.2) is 24.3 Å². The van der Waals surface area contributed by atoms with Crippen molar-refractivity contribution in [2.75, 3.05) is 0 Å². The Kier molecular flexibility index (Phi) is 3.59. The van der Waals surface area contributed by atoms with Crippen LogP contribution >= 0.6 is 0 Å². The first-order chi connectivity index (χ1) is 6.65. The second kappa shape index (κ2) is 4.72. The van der Waals surface area contributed by atoms with E-state index in [-0.39, 0.29) is 11.7 Å². The molecule has 1 atom stereocenters. The largest absolute Gasteiger partial charge is 0.324 e. The minimum Gasteiger partial charge on any atom is -0.324 e. The van der Waals surface area contributed by atoms with Crippen LogP contribution in [0, 0.1) is 10.1 Å². The summed E-state index contributed by atoms with van der Waals surface area (Å²) in [5.41, 5.74) is 6.93. The number of rotatable bonds is 4. The third kappa shape index (κ3) is 2.53. The summed E-state index contributed by atoms with van der Waals surface area (Å²) in [5.74, 6) is 0. The van der Waals surface area contributed by atoms with Gasteiger partial charge >= 0.3 is 0 Å². The highest BCUT2D eigenvalue weighted by atomic mass is 16.6. The number of nitro groups is 1. The van der Waals surface area contributed by atoms with E-state index in [4.69, 9.17) is 5.73 Å². The minimum absolute atomic E-state index is 0.0131. The van der Waals surface area contributed by atoms with E-state index in [1.54, 1.807) is 12.1 Å². The van der Waals surface area contributed by atoms with Crippen LogP contribution in [0.3, 0.4) is 0 Å². The second-order valence-electron chi connectivity index (χ2n) is 3.24. The molecule has 0 heterocycles. The molecule has 1 aromatic carbocycles. The number of non-ortho nitro benzene ring substituents is 1. The molecule has 4 nitrogen and oxygen atoms in total. The molecule has 76 valence electrons. The lowest BCUT2D eigenvalue weighted by Crippen LogP contribution is -2.09. The minimum atomic E-state index is -0.408. The standard InChI is InChI=1S/C10H14N2O2/c1-2-3-10(11)8-4-6-9(7-5-8)12(13)14/h4-7,10H,2-3,11H2,1H3/t10-/m1/s1. The summed E-state index contributed by atoms with van der Waals surface area (Å²) in [6.45, 7) is 2.06. The number of hydrogen-bond acceptors (Lipinski definition) is 3. The molecule has 2 N–H and O–H groups in total. The zero-order valence-electron chi connectivity index (χ0n) is 8.14. The first-order valence-electron chi connectivity index (χ1n) is 4.65. The van der Waals surface area contributed by atoms with Gasteiger partial charge in [-0.15, -0.1) is 0 Å². The number of nitrogens with zero attached hydrogens (tertiary/aromatic N) is 1. The van der Waals surface area contributed by atoms with Gasteiger partial charge in [0.05, 0.1) is 4.92 Å². The highest BCUT2D eigenvalue weighted by molar-refractivity contribution is 5.34. The van der Waals surface area contributed by atoms with Gasteiger partial charge in [0.15, 0.2) is 0 Å². The molecule has 0 radical (unpaired) electrons. The molecule has 0 aliphatic heterocycles. The van der Waals surface area contributed by atoms with Gasteiger partial charge in [-0.25, -0.2) is 0 Å². The molecule has 0 unspecified atom stereocenters. The molecule has 0 fully saturated rings. The quantitative estimate of drug-likeness (QED) is 0.591. The van der Waals surface area contributed by atoms with Crippen LogP contribution in [0.4, 0.5) is 5.69 Å². The highest BCUT2D eigenvalue weighted by Crippen LogP contribution is 2.19. The van der Waals surface area contributed by atoms with Crippen LogP contribution in [0.1, 0.15) is 31.4 Å². The van der Waals surface area contributed by atoms with Gasteiger partial charge in [0.25, 0.3) is 5.69 Å². The van der Waals surface area contributed by atoms with Crippen molar-refractivity contribution < 1.29 is 4.92 Å². The molecule has 1 rings (SSSR count). The summed E-state index contributed by atoms with van der Waals surface area (Å²) in [4.78, 5) is 9.97. The summed E-state index contributed by atoms with van der Waals surface area (Å²) < 4.78 is 0. The fourth-order valence-electron chi connectivity index (χ4n) is 1.32. The molecule has 4 heteroatoms. The average Bonchev–Trinajstić information content (AvgIpc) is 2.18. The van der Waals surface area contributed by atoms with Gasteiger partial charge in [-0.3, -0.25) is 10.1 Å². The van der Waals surface area contributed by atoms with Crippen LogP contribution in [0.5, 0.6) is 0 Å². The van der Waals surface area contributed by atoms with Crippen LogP contribution in [-0.4, -0.2) is 4.92 Å². The van der Waals surface area contributed by atoms with Gasteiger partial charge < -0.3 is 5.73 Å². The Labute approximate surface area is 82.9 Å². The molecule has 0 saturated carbocycles. The van der Waals surface area contributed by atoms with E-state index in [9.17, 15) is 10.1 Å². The Morgan fingerprint density at radius 3 is 2.43 bits per heavy atom. The Morgan fingerprint density at radius 1 is 1.43 bits per heavy atom. The van der Waals surface area contributed by atoms with E-state index >= 15 is 0 Å². The lowest BCUT2D eigenvalue weighted by molar-refractivity contribution is -0.384. The van der Waals surface area contributed by atoms with Gasteiger partial charge in [0.1, 0.15) is 0 Å². The zero-order chi connectivity index (χ0) is 10.6. The van der Waals surface area contributed by atoms with E-state index in [1.165, 1.54) is 12.1 Å². The maximum atomic E-state index is 10.4. The number of hydrogen-bond donors (Lipinski definition) is 1. The summed E-state index contributed by atoms with van der Waals surface area (Å²) in [6.07, 6.45) is 1.91. The van der Waals surface area contributed by atoms with Gasteiger partial charge in [0, 0.05) is 18.2 Å². The Hall–Kier alpha value is -1.42. The van der Waals surface area contributed by atoms with Crippen molar-refractivity contribution in [3.63, 3.8) is 0 Å². The lowest BCUT2D eigenvalue weighted by Gasteiger charge is -2.09. The number of benzene rings is 1. The monoisotopic (exact) mass is 194 g/mol. The molecule has 0 aliphatic rings. The molecule has 0 spiro atoms. The van der Waals surface area contributed by atoms with Crippen LogP contribution in [0.25, 0.3) is 0 Å². The third-order valence-electron chi connectivity index (χ3n) is 2.13. The SMILES string of the molecule is CCC[C@@H](N)c1ccc([N+](=O)[O-])cc1. The van der Waals surface area contributed by atoms with Crippen molar-refractivity contribution in [1.82, 2.24) is 0 Å². The molecule has 14 heavy (non-hydrogen) atoms. The predicted octanol–water partition coefficient (Wildman–Crippen LogP) is 2.39. The predicted molar refractivity (Wildman–Crippen MR) is 54.9 cm³/mol. The third-order valence-corrected chi connectivity index (χ3v) is 2.13. The molecule has 0 aromatic heterocycles. The molecule has 0 amide bonds. The Balaban J connectivity index is 2.77. The first kappa shape index (κ1) is 10.7. The number of nitro benzene ring substituents is 1. The molecular formula is C10H14N2O2. The summed E-state index contributed by atoms with van der Waals surface area (Å²) in [7, 11) is 0. The fourth-order valence-corrected chi connectivity index (χ4v) is 1.32. The average molecular weight is 194 g/mol. The van der Waals surface area contributed by atoms with E-state index in [2.05, 4.69) is 6.92 Å². The zero-order valence-corrected chi connectivity index (χ0v) is 8.14. The van der Waals surface area contributed by atoms with Gasteiger partial charge in [-0.2, -0.15) is 0 Å². The Morgan fingerprint density at radius 2 is 2.00 bits per heavy atom. The Bertz CT molecular complexity index is 308. The summed E-state index contributed by atoms with van der Waals surface area (Å²) in [5, 5.41) is 10.4. The normalized spacial score (nSPS) is 12.4. The fraction of sp³-hybridized carbons (Fsp3) is 0.400. The van der Waals surface area contributed by atoms with Crippen LogP contribution in [0.2, 0.25) is 0 Å². The molecule has 1 aromatic rings. The van der Waals surface area contributed by atoms with Crippen molar-refractivity contribution in [1.29, 1.82) is 0 Å². The summed E-state index contributed by atoms with van der Waals surface area (Å²) in [6, 6.07) is 6.41. The van der Waals surface area contributed by atoms with Crippen LogP contribution in [-0.2, 0) is 0 Å². The van der Waals surface area contributed by atoms with E-state index in [0.29, 0.717) is 0 Å². The first-order valence-corrected chi connectivity index (χ1v) is 4.65. The van der Waals surface area contributed by atoms with E-state index in [1.807, 2.05) is 0 Å². The summed E-state index contributed by atoms with van der Waals surface area (Å²) >= 11 is 0. The lowest BCUT2D eigenvalue weighted by atomic mass is 10.0. The van der Waals surface area contributed by atoms with Crippen molar-refractivity contribution in [2.45, 2.75) is 25.8 Å². The molecular weight excluding hydrogens is 180 g/mol. The van der Waals surface area contributed by atoms with Crippen molar-refractivity contribution in [3.05, 3.63) is 39.9 Å². The van der Waals surface area contributed by atoms with E-state index < -0.39 is 4.92 Å². The number of nitrogens with two attached hydrogens (primary N) is 1. The molecule has 0 bridgehead atoms. The van der Waals surface area contributed by atoms with Gasteiger partial charge in [0.2, 0.25) is 0 Å². The topological polar surface area (TPSA) is 69.2 Å². The van der Waals surface area contributed by atoms with Crippen LogP contribution < -0.4 is 5.73 Å². The van der Waals surface area contributed by atoms with Crippen molar-refractivity contribution in [3.8, 4) is 0 Å². The van der Waals surface area contributed by atoms with Crippen molar-refractivity contribution >= 4 is 5.69 Å². The van der Waals surface area contributed by atoms with Crippen molar-refractivity contribution in [2.24, 2.45) is 5.73 Å². The van der Waals surface area contributed by atoms with E-state index in [0.717, 1.165) is 18.4 Å². The maximum absolute atomic E-state index is 10.4. The molecule has 0 saturated heterocycles. The highest BCUT2D eigenvalue weighted by Gasteiger charge is 2.07.